The van der Waals surface area contributed by atoms with E-state index in [0.29, 0.717) is 21.4 Å². The third-order valence-electron chi connectivity index (χ3n) is 3.07. The first-order valence-corrected chi connectivity index (χ1v) is 8.23. The summed E-state index contributed by atoms with van der Waals surface area (Å²) < 4.78 is 14.4. The van der Waals surface area contributed by atoms with Crippen molar-refractivity contribution >= 4 is 28.1 Å². The van der Waals surface area contributed by atoms with Gasteiger partial charge in [0.25, 0.3) is 0 Å². The van der Waals surface area contributed by atoms with E-state index in [1.165, 1.54) is 0 Å². The Morgan fingerprint density at radius 1 is 1.35 bits per heavy atom. The van der Waals surface area contributed by atoms with Crippen LogP contribution in [0.5, 0.6) is 0 Å². The number of halogens is 1. The number of nitrogen functional groups attached to an aromatic ring is 1. The Morgan fingerprint density at radius 3 is 2.70 bits per heavy atom. The summed E-state index contributed by atoms with van der Waals surface area (Å²) in [5, 5.41) is 5.01. The molecule has 20 heavy (non-hydrogen) atoms. The van der Waals surface area contributed by atoms with Gasteiger partial charge < -0.3 is 5.73 Å². The molecule has 2 rings (SSSR count). The van der Waals surface area contributed by atoms with Gasteiger partial charge in [-0.15, -0.1) is 0 Å². The predicted molar refractivity (Wildman–Crippen MR) is 83.3 cm³/mol. The van der Waals surface area contributed by atoms with Crippen LogP contribution in [0.2, 0.25) is 5.02 Å². The van der Waals surface area contributed by atoms with Gasteiger partial charge in [0.05, 0.1) is 32.8 Å². The van der Waals surface area contributed by atoms with Crippen LogP contribution in [0.4, 0.5) is 5.69 Å². The van der Waals surface area contributed by atoms with Gasteiger partial charge in [0.1, 0.15) is 0 Å². The van der Waals surface area contributed by atoms with Crippen LogP contribution in [0.1, 0.15) is 25.2 Å². The van der Waals surface area contributed by atoms with Gasteiger partial charge in [0.15, 0.2) is 0 Å². The highest BCUT2D eigenvalue weighted by atomic mass is 35.5. The monoisotopic (exact) mass is 311 g/mol. The maximum atomic E-state index is 12.5. The number of anilines is 1. The molecule has 4 nitrogen and oxygen atoms in total. The summed E-state index contributed by atoms with van der Waals surface area (Å²) in [5.41, 5.74) is 8.33. The van der Waals surface area contributed by atoms with Crippen LogP contribution < -0.4 is 5.73 Å². The first-order chi connectivity index (χ1) is 9.55. The van der Waals surface area contributed by atoms with E-state index in [9.17, 15) is 4.21 Å². The molecule has 0 fully saturated rings. The number of nitrogens with two attached hydrogens (primary N) is 1. The fraction of sp³-hybridized carbons (Fsp3) is 0.357. The second-order valence-corrected chi connectivity index (χ2v) is 6.32. The van der Waals surface area contributed by atoms with Crippen LogP contribution in [0.3, 0.4) is 0 Å². The molecule has 2 N–H and O–H groups in total. The van der Waals surface area contributed by atoms with Crippen molar-refractivity contribution < 1.29 is 4.21 Å². The molecule has 108 valence electrons. The number of benzene rings is 1. The minimum atomic E-state index is -1.20. The van der Waals surface area contributed by atoms with Crippen LogP contribution in [-0.4, -0.2) is 14.0 Å². The lowest BCUT2D eigenvalue weighted by atomic mass is 10.3. The Bertz CT molecular complexity index is 639. The zero-order valence-corrected chi connectivity index (χ0v) is 13.2. The average Bonchev–Trinajstić information content (AvgIpc) is 2.80. The molecule has 0 amide bonds. The van der Waals surface area contributed by atoms with Gasteiger partial charge in [-0.05, 0) is 37.6 Å². The third-order valence-corrected chi connectivity index (χ3v) is 4.73. The van der Waals surface area contributed by atoms with E-state index in [0.717, 1.165) is 24.4 Å². The van der Waals surface area contributed by atoms with Gasteiger partial charge in [0.2, 0.25) is 0 Å². The number of aromatic nitrogens is 2. The summed E-state index contributed by atoms with van der Waals surface area (Å²) >= 11 is 5.86. The van der Waals surface area contributed by atoms with Crippen molar-refractivity contribution in [3.63, 3.8) is 0 Å². The molecule has 0 saturated carbocycles. The second kappa shape index (κ2) is 6.41. The van der Waals surface area contributed by atoms with Gasteiger partial charge in [-0.1, -0.05) is 18.5 Å². The molecular weight excluding hydrogens is 294 g/mol. The van der Waals surface area contributed by atoms with E-state index in [-0.39, 0.29) is 0 Å². The minimum absolute atomic E-state index is 0.409. The smallest absolute Gasteiger partial charge is 0.0703 e. The molecule has 1 heterocycles. The molecule has 0 saturated heterocycles. The van der Waals surface area contributed by atoms with Crippen molar-refractivity contribution in [3.05, 3.63) is 40.7 Å². The maximum absolute atomic E-state index is 12.5. The summed E-state index contributed by atoms with van der Waals surface area (Å²) in [4.78, 5) is 0.622. The molecule has 1 aromatic heterocycles. The van der Waals surface area contributed by atoms with Gasteiger partial charge in [-0.25, -0.2) is 0 Å². The van der Waals surface area contributed by atoms with E-state index in [4.69, 9.17) is 17.3 Å². The summed E-state index contributed by atoms with van der Waals surface area (Å²) in [5.74, 6) is 0.409. The van der Waals surface area contributed by atoms with Crippen LogP contribution in [0.15, 0.2) is 29.2 Å². The Balaban J connectivity index is 2.25. The largest absolute Gasteiger partial charge is 0.398 e. The Labute approximate surface area is 126 Å². The maximum Gasteiger partial charge on any atom is 0.0703 e. The van der Waals surface area contributed by atoms with Gasteiger partial charge >= 0.3 is 0 Å². The van der Waals surface area contributed by atoms with Gasteiger partial charge in [0, 0.05) is 17.3 Å². The fourth-order valence-corrected chi connectivity index (χ4v) is 3.40. The highest BCUT2D eigenvalue weighted by molar-refractivity contribution is 7.84. The van der Waals surface area contributed by atoms with Crippen molar-refractivity contribution in [1.82, 2.24) is 9.78 Å². The molecule has 1 atom stereocenters. The van der Waals surface area contributed by atoms with E-state index in [1.807, 2.05) is 17.7 Å². The van der Waals surface area contributed by atoms with E-state index in [1.54, 1.807) is 18.2 Å². The number of aryl methyl sites for hydroxylation is 2. The Kier molecular flexibility index (Phi) is 4.83. The zero-order chi connectivity index (χ0) is 14.7. The van der Waals surface area contributed by atoms with Crippen LogP contribution in [0, 0.1) is 0 Å². The number of rotatable bonds is 5. The summed E-state index contributed by atoms with van der Waals surface area (Å²) in [6.45, 7) is 4.85. The average molecular weight is 312 g/mol. The lowest BCUT2D eigenvalue weighted by Crippen LogP contribution is -2.07. The first-order valence-electron chi connectivity index (χ1n) is 6.54. The van der Waals surface area contributed by atoms with Crippen molar-refractivity contribution in [2.24, 2.45) is 0 Å². The summed E-state index contributed by atoms with van der Waals surface area (Å²) in [6, 6.07) is 7.07. The van der Waals surface area contributed by atoms with E-state index < -0.39 is 10.8 Å². The number of hydrogen-bond acceptors (Lipinski definition) is 3. The van der Waals surface area contributed by atoms with Crippen LogP contribution in [0.25, 0.3) is 0 Å². The SMILES string of the molecule is CCc1cc(CS(=O)c2ccc(Cl)cc2N)n(CC)n1. The van der Waals surface area contributed by atoms with Gasteiger partial charge in [-0.2, -0.15) is 5.10 Å². The molecule has 0 radical (unpaired) electrons. The molecule has 1 unspecified atom stereocenters. The van der Waals surface area contributed by atoms with Crippen LogP contribution in [-0.2, 0) is 29.5 Å². The molecule has 2 aromatic rings. The first kappa shape index (κ1) is 15.1. The minimum Gasteiger partial charge on any atom is -0.398 e. The number of hydrogen-bond donors (Lipinski definition) is 1. The van der Waals surface area contributed by atoms with Crippen molar-refractivity contribution in [1.29, 1.82) is 0 Å². The fourth-order valence-electron chi connectivity index (χ4n) is 2.02. The normalized spacial score (nSPS) is 12.6. The lowest BCUT2D eigenvalue weighted by molar-refractivity contribution is 0.623. The lowest BCUT2D eigenvalue weighted by Gasteiger charge is -2.07. The van der Waals surface area contributed by atoms with Crippen molar-refractivity contribution in [3.8, 4) is 0 Å². The van der Waals surface area contributed by atoms with E-state index >= 15 is 0 Å². The molecule has 0 spiro atoms. The predicted octanol–water partition coefficient (Wildman–Crippen LogP) is 3.01. The van der Waals surface area contributed by atoms with Crippen molar-refractivity contribution in [2.45, 2.75) is 37.5 Å². The van der Waals surface area contributed by atoms with Crippen molar-refractivity contribution in [2.75, 3.05) is 5.73 Å². The molecule has 0 aliphatic heterocycles. The second-order valence-electron chi connectivity index (χ2n) is 4.47. The van der Waals surface area contributed by atoms with Crippen LogP contribution >= 0.6 is 11.6 Å². The summed E-state index contributed by atoms with van der Waals surface area (Å²) in [6.07, 6.45) is 0.871. The quantitative estimate of drug-likeness (QED) is 0.863. The Hall–Kier alpha value is -1.33. The molecule has 0 bridgehead atoms. The highest BCUT2D eigenvalue weighted by Gasteiger charge is 2.13. The highest BCUT2D eigenvalue weighted by Crippen LogP contribution is 2.23. The Morgan fingerprint density at radius 2 is 2.10 bits per heavy atom. The standard InChI is InChI=1S/C14H18ClN3OS/c1-3-11-8-12(18(4-2)17-11)9-20(19)14-6-5-10(15)7-13(14)16/h5-8H,3-4,9,16H2,1-2H3. The van der Waals surface area contributed by atoms with Gasteiger partial charge in [-0.3, -0.25) is 8.89 Å². The molecule has 0 aliphatic carbocycles. The molecule has 1 aromatic carbocycles. The topological polar surface area (TPSA) is 60.9 Å². The zero-order valence-electron chi connectivity index (χ0n) is 11.6. The third kappa shape index (κ3) is 3.22. The van der Waals surface area contributed by atoms with E-state index in [2.05, 4.69) is 12.0 Å². The summed E-state index contributed by atoms with van der Waals surface area (Å²) in [7, 11) is -1.20. The molecule has 6 heteroatoms. The molecule has 0 aliphatic rings. The molecular formula is C14H18ClN3OS. The number of nitrogens with zero attached hydrogens (tertiary/aromatic N) is 2.